The topological polar surface area (TPSA) is 57.6 Å². The van der Waals surface area contributed by atoms with Gasteiger partial charge in [-0.1, -0.05) is 6.07 Å². The van der Waals surface area contributed by atoms with Crippen LogP contribution in [0.5, 0.6) is 0 Å². The van der Waals surface area contributed by atoms with Gasteiger partial charge in [-0.05, 0) is 38.8 Å². The molecule has 1 aliphatic heterocycles. The summed E-state index contributed by atoms with van der Waals surface area (Å²) in [5.74, 6) is -4.55. The van der Waals surface area contributed by atoms with Crippen LogP contribution in [0.15, 0.2) is 18.2 Å². The summed E-state index contributed by atoms with van der Waals surface area (Å²) in [7, 11) is 0. The van der Waals surface area contributed by atoms with Crippen LogP contribution in [-0.2, 0) is 9.59 Å². The Hall–Kier alpha value is -1.98. The lowest BCUT2D eigenvalue weighted by atomic mass is 9.88. The number of carbonyl (C=O) groups excluding carboxylic acids is 1. The van der Waals surface area contributed by atoms with Crippen molar-refractivity contribution in [2.45, 2.75) is 38.6 Å². The number of piperidine rings is 1. The number of amides is 1. The van der Waals surface area contributed by atoms with Gasteiger partial charge in [0, 0.05) is 18.2 Å². The van der Waals surface area contributed by atoms with Crippen molar-refractivity contribution in [2.75, 3.05) is 6.54 Å². The predicted molar refractivity (Wildman–Crippen MR) is 76.3 cm³/mol. The number of carboxylic acid groups (broad SMARTS) is 1. The zero-order valence-corrected chi connectivity index (χ0v) is 12.6. The Labute approximate surface area is 127 Å². The molecule has 0 saturated carbocycles. The molecule has 0 bridgehead atoms. The molecule has 1 aromatic carbocycles. The van der Waals surface area contributed by atoms with Gasteiger partial charge in [-0.2, -0.15) is 0 Å². The van der Waals surface area contributed by atoms with Gasteiger partial charge in [0.25, 0.3) is 0 Å². The summed E-state index contributed by atoms with van der Waals surface area (Å²) >= 11 is 0. The zero-order chi connectivity index (χ0) is 16.4. The van der Waals surface area contributed by atoms with E-state index in [1.54, 1.807) is 6.92 Å². The fourth-order valence-electron chi connectivity index (χ4n) is 3.08. The van der Waals surface area contributed by atoms with E-state index in [-0.39, 0.29) is 5.56 Å². The fraction of sp³-hybridized carbons (Fsp3) is 0.500. The minimum absolute atomic E-state index is 0.267. The van der Waals surface area contributed by atoms with Crippen LogP contribution in [0.25, 0.3) is 0 Å². The first kappa shape index (κ1) is 16.4. The summed E-state index contributed by atoms with van der Waals surface area (Å²) in [6.07, 6.45) is 1.07. The molecule has 0 aliphatic carbocycles. The van der Waals surface area contributed by atoms with Crippen molar-refractivity contribution in [3.63, 3.8) is 0 Å². The Morgan fingerprint density at radius 2 is 1.91 bits per heavy atom. The smallest absolute Gasteiger partial charge is 0.308 e. The molecule has 0 spiro atoms. The molecule has 2 rings (SSSR count). The minimum atomic E-state index is -0.990. The number of likely N-dealkylation sites (tertiary alicyclic amines) is 1. The lowest BCUT2D eigenvalue weighted by Gasteiger charge is -2.39. The van der Waals surface area contributed by atoms with Crippen molar-refractivity contribution in [1.82, 2.24) is 4.90 Å². The van der Waals surface area contributed by atoms with Gasteiger partial charge < -0.3 is 10.0 Å². The highest BCUT2D eigenvalue weighted by Crippen LogP contribution is 2.29. The Kier molecular flexibility index (Phi) is 4.78. The molecule has 3 atom stereocenters. The second-order valence-corrected chi connectivity index (χ2v) is 5.72. The third-order valence-corrected chi connectivity index (χ3v) is 4.39. The fourth-order valence-corrected chi connectivity index (χ4v) is 3.08. The van der Waals surface area contributed by atoms with Crippen molar-refractivity contribution >= 4 is 11.9 Å². The van der Waals surface area contributed by atoms with Crippen molar-refractivity contribution in [2.24, 2.45) is 5.92 Å². The molecule has 1 fully saturated rings. The predicted octanol–water partition coefficient (Wildman–Crippen LogP) is 2.78. The van der Waals surface area contributed by atoms with Crippen LogP contribution in [0.4, 0.5) is 8.78 Å². The molecule has 1 saturated heterocycles. The number of nitrogens with zero attached hydrogens (tertiary/aromatic N) is 1. The monoisotopic (exact) mass is 311 g/mol. The molecule has 1 heterocycles. The number of carboxylic acids is 1. The van der Waals surface area contributed by atoms with Crippen LogP contribution in [-0.4, -0.2) is 34.5 Å². The Bertz CT molecular complexity index is 571. The third-order valence-electron chi connectivity index (χ3n) is 4.39. The third kappa shape index (κ3) is 2.96. The molecule has 4 nitrogen and oxygen atoms in total. The summed E-state index contributed by atoms with van der Waals surface area (Å²) < 4.78 is 27.7. The van der Waals surface area contributed by atoms with E-state index in [4.69, 9.17) is 0 Å². The van der Waals surface area contributed by atoms with Gasteiger partial charge in [0.2, 0.25) is 5.91 Å². The van der Waals surface area contributed by atoms with Crippen LogP contribution in [0.2, 0.25) is 0 Å². The first-order valence-corrected chi connectivity index (χ1v) is 7.31. The molecule has 6 heteroatoms. The summed E-state index contributed by atoms with van der Waals surface area (Å²) in [5.41, 5.74) is -0.267. The van der Waals surface area contributed by atoms with E-state index in [0.717, 1.165) is 12.1 Å². The van der Waals surface area contributed by atoms with E-state index < -0.39 is 41.4 Å². The SMILES string of the molecule is CC(C(=O)N1CCC[C@H](C(=O)O)[C@@H]1C)c1c(F)cccc1F. The first-order valence-electron chi connectivity index (χ1n) is 7.31. The minimum Gasteiger partial charge on any atom is -0.481 e. The quantitative estimate of drug-likeness (QED) is 0.934. The number of rotatable bonds is 3. The second-order valence-electron chi connectivity index (χ2n) is 5.72. The molecule has 1 unspecified atom stereocenters. The number of hydrogen-bond donors (Lipinski definition) is 1. The average Bonchev–Trinajstić information content (AvgIpc) is 2.46. The van der Waals surface area contributed by atoms with Crippen LogP contribution in [0.1, 0.15) is 38.2 Å². The van der Waals surface area contributed by atoms with Crippen molar-refractivity contribution in [3.8, 4) is 0 Å². The molecule has 1 aliphatic rings. The van der Waals surface area contributed by atoms with Crippen LogP contribution in [0.3, 0.4) is 0 Å². The van der Waals surface area contributed by atoms with Gasteiger partial charge >= 0.3 is 5.97 Å². The van der Waals surface area contributed by atoms with E-state index in [9.17, 15) is 23.5 Å². The summed E-state index contributed by atoms with van der Waals surface area (Å²) in [6.45, 7) is 3.52. The first-order chi connectivity index (χ1) is 10.3. The second kappa shape index (κ2) is 6.42. The van der Waals surface area contributed by atoms with Crippen molar-refractivity contribution in [1.29, 1.82) is 0 Å². The highest BCUT2D eigenvalue weighted by molar-refractivity contribution is 5.84. The molecule has 1 aromatic rings. The highest BCUT2D eigenvalue weighted by atomic mass is 19.1. The van der Waals surface area contributed by atoms with Gasteiger partial charge in [0.1, 0.15) is 11.6 Å². The van der Waals surface area contributed by atoms with Crippen LogP contribution < -0.4 is 0 Å². The van der Waals surface area contributed by atoms with Gasteiger partial charge in [0.05, 0.1) is 11.8 Å². The molecule has 0 aromatic heterocycles. The standard InChI is InChI=1S/C16H19F2NO3/c1-9(14-12(17)6-3-7-13(14)18)15(20)19-8-4-5-11(10(19)2)16(21)22/h3,6-7,9-11H,4-5,8H2,1-2H3,(H,21,22)/t9?,10-,11-/m0/s1. The highest BCUT2D eigenvalue weighted by Gasteiger charge is 2.37. The van der Waals surface area contributed by atoms with Gasteiger partial charge in [-0.25, -0.2) is 8.78 Å². The summed E-state index contributed by atoms with van der Waals surface area (Å²) in [6, 6.07) is 2.98. The maximum absolute atomic E-state index is 13.8. The molecular weight excluding hydrogens is 292 g/mol. The Balaban J connectivity index is 2.25. The maximum atomic E-state index is 13.8. The molecule has 22 heavy (non-hydrogen) atoms. The van der Waals surface area contributed by atoms with E-state index in [1.807, 2.05) is 0 Å². The Morgan fingerprint density at radius 1 is 1.32 bits per heavy atom. The zero-order valence-electron chi connectivity index (χ0n) is 12.6. The van der Waals surface area contributed by atoms with Crippen molar-refractivity contribution in [3.05, 3.63) is 35.4 Å². The van der Waals surface area contributed by atoms with Gasteiger partial charge in [-0.15, -0.1) is 0 Å². The van der Waals surface area contributed by atoms with E-state index in [1.165, 1.54) is 17.9 Å². The molecule has 1 amide bonds. The normalized spacial score (nSPS) is 23.2. The maximum Gasteiger partial charge on any atom is 0.308 e. The number of halogens is 2. The molecule has 120 valence electrons. The lowest BCUT2D eigenvalue weighted by Crippen LogP contribution is -2.50. The lowest BCUT2D eigenvalue weighted by molar-refractivity contribution is -0.149. The van der Waals surface area contributed by atoms with E-state index >= 15 is 0 Å². The molecule has 1 N–H and O–H groups in total. The average molecular weight is 311 g/mol. The van der Waals surface area contributed by atoms with E-state index in [2.05, 4.69) is 0 Å². The molecular formula is C16H19F2NO3. The van der Waals surface area contributed by atoms with Crippen molar-refractivity contribution < 1.29 is 23.5 Å². The number of aliphatic carboxylic acids is 1. The van der Waals surface area contributed by atoms with E-state index in [0.29, 0.717) is 19.4 Å². The summed E-state index contributed by atoms with van der Waals surface area (Å²) in [4.78, 5) is 25.2. The number of benzene rings is 1. The largest absolute Gasteiger partial charge is 0.481 e. The molecule has 0 radical (unpaired) electrons. The number of hydrogen-bond acceptors (Lipinski definition) is 2. The van der Waals surface area contributed by atoms with Gasteiger partial charge in [0.15, 0.2) is 0 Å². The number of carbonyl (C=O) groups is 2. The summed E-state index contributed by atoms with van der Waals surface area (Å²) in [5, 5.41) is 9.19. The van der Waals surface area contributed by atoms with Crippen LogP contribution in [0, 0.1) is 17.6 Å². The van der Waals surface area contributed by atoms with Crippen LogP contribution >= 0.6 is 0 Å². The van der Waals surface area contributed by atoms with Gasteiger partial charge in [-0.3, -0.25) is 9.59 Å². The Morgan fingerprint density at radius 3 is 2.45 bits per heavy atom.